The van der Waals surface area contributed by atoms with E-state index in [1.165, 1.54) is 5.56 Å². The van der Waals surface area contributed by atoms with E-state index in [4.69, 9.17) is 5.26 Å². The van der Waals surface area contributed by atoms with Gasteiger partial charge in [-0.1, -0.05) is 36.4 Å². The fourth-order valence-electron chi connectivity index (χ4n) is 1.89. The fraction of sp³-hybridized carbons (Fsp3) is 0.188. The third-order valence-electron chi connectivity index (χ3n) is 2.87. The zero-order valence-electron chi connectivity index (χ0n) is 10.5. The molecule has 2 aromatic carbocycles. The minimum Gasteiger partial charge on any atom is -0.384 e. The van der Waals surface area contributed by atoms with Crippen molar-refractivity contribution in [2.24, 2.45) is 0 Å². The Bertz CT molecular complexity index is 553. The van der Waals surface area contributed by atoms with Crippen molar-refractivity contribution in [2.75, 3.05) is 11.9 Å². The second-order valence-corrected chi connectivity index (χ2v) is 4.32. The fourth-order valence-corrected chi connectivity index (χ4v) is 1.89. The van der Waals surface area contributed by atoms with Crippen molar-refractivity contribution in [3.05, 3.63) is 65.2 Å². The van der Waals surface area contributed by atoms with Crippen LogP contribution in [0.15, 0.2) is 48.5 Å². The molecule has 0 fully saturated rings. The van der Waals surface area contributed by atoms with Crippen LogP contribution in [0.25, 0.3) is 0 Å². The quantitative estimate of drug-likeness (QED) is 0.881. The van der Waals surface area contributed by atoms with Gasteiger partial charge in [-0.25, -0.2) is 0 Å². The Balaban J connectivity index is 1.98. The first-order chi connectivity index (χ1) is 8.79. The van der Waals surface area contributed by atoms with Gasteiger partial charge >= 0.3 is 0 Å². The van der Waals surface area contributed by atoms with Crippen LogP contribution < -0.4 is 5.32 Å². The van der Waals surface area contributed by atoms with E-state index in [0.717, 1.165) is 24.2 Å². The molecule has 2 rings (SSSR count). The van der Waals surface area contributed by atoms with Crippen molar-refractivity contribution in [3.8, 4) is 6.07 Å². The summed E-state index contributed by atoms with van der Waals surface area (Å²) in [5.74, 6) is 0. The molecule has 0 aliphatic rings. The molecule has 0 atom stereocenters. The van der Waals surface area contributed by atoms with Crippen LogP contribution >= 0.6 is 0 Å². The zero-order valence-corrected chi connectivity index (χ0v) is 10.5. The molecule has 2 aromatic rings. The summed E-state index contributed by atoms with van der Waals surface area (Å²) >= 11 is 0. The molecule has 0 heterocycles. The average molecular weight is 236 g/mol. The number of nitrogens with zero attached hydrogens (tertiary/aromatic N) is 1. The van der Waals surface area contributed by atoms with Gasteiger partial charge in [0.2, 0.25) is 0 Å². The number of nitriles is 1. The van der Waals surface area contributed by atoms with E-state index in [1.54, 1.807) is 0 Å². The number of nitrogens with one attached hydrogen (secondary N) is 1. The molecule has 0 aliphatic heterocycles. The van der Waals surface area contributed by atoms with Crippen LogP contribution in [0.3, 0.4) is 0 Å². The molecule has 0 saturated heterocycles. The first kappa shape index (κ1) is 12.2. The van der Waals surface area contributed by atoms with E-state index in [9.17, 15) is 0 Å². The Morgan fingerprint density at radius 3 is 2.61 bits per heavy atom. The molecule has 1 N–H and O–H groups in total. The van der Waals surface area contributed by atoms with Crippen molar-refractivity contribution in [1.29, 1.82) is 5.26 Å². The smallest absolute Gasteiger partial charge is 0.101 e. The molecule has 0 bridgehead atoms. The Morgan fingerprint density at radius 2 is 1.89 bits per heavy atom. The molecule has 2 nitrogen and oxygen atoms in total. The molecule has 18 heavy (non-hydrogen) atoms. The minimum absolute atomic E-state index is 0.702. The molecule has 0 amide bonds. The predicted molar refractivity (Wildman–Crippen MR) is 74.5 cm³/mol. The van der Waals surface area contributed by atoms with Gasteiger partial charge in [-0.3, -0.25) is 0 Å². The number of aryl methyl sites for hydroxylation is 1. The predicted octanol–water partition coefficient (Wildman–Crippen LogP) is 3.52. The Kier molecular flexibility index (Phi) is 3.98. The Labute approximate surface area is 108 Å². The summed E-state index contributed by atoms with van der Waals surface area (Å²) in [5.41, 5.74) is 4.09. The standard InChI is InChI=1S/C16H16N2/c1-13-7-8-15(12-17)16(11-13)18-10-9-14-5-3-2-4-6-14/h2-8,11,18H,9-10H2,1H3. The van der Waals surface area contributed by atoms with Gasteiger partial charge < -0.3 is 5.32 Å². The molecule has 0 aromatic heterocycles. The van der Waals surface area contributed by atoms with Gasteiger partial charge in [0.25, 0.3) is 0 Å². The maximum absolute atomic E-state index is 9.04. The van der Waals surface area contributed by atoms with Crippen LogP contribution in [-0.2, 0) is 6.42 Å². The van der Waals surface area contributed by atoms with Gasteiger partial charge in [0.05, 0.1) is 11.3 Å². The van der Waals surface area contributed by atoms with E-state index in [2.05, 4.69) is 23.5 Å². The topological polar surface area (TPSA) is 35.8 Å². The van der Waals surface area contributed by atoms with Crippen LogP contribution in [0.1, 0.15) is 16.7 Å². The van der Waals surface area contributed by atoms with E-state index in [0.29, 0.717) is 5.56 Å². The van der Waals surface area contributed by atoms with Crippen LogP contribution in [0.2, 0.25) is 0 Å². The lowest BCUT2D eigenvalue weighted by Crippen LogP contribution is -2.06. The van der Waals surface area contributed by atoms with E-state index >= 15 is 0 Å². The lowest BCUT2D eigenvalue weighted by atomic mass is 10.1. The summed E-state index contributed by atoms with van der Waals surface area (Å²) in [7, 11) is 0. The lowest BCUT2D eigenvalue weighted by Gasteiger charge is -2.09. The van der Waals surface area contributed by atoms with Gasteiger partial charge in [0, 0.05) is 6.54 Å². The summed E-state index contributed by atoms with van der Waals surface area (Å²) in [6, 6.07) is 18.4. The highest BCUT2D eigenvalue weighted by atomic mass is 14.9. The highest BCUT2D eigenvalue weighted by Gasteiger charge is 2.01. The molecule has 0 unspecified atom stereocenters. The third kappa shape index (κ3) is 3.11. The molecule has 0 spiro atoms. The van der Waals surface area contributed by atoms with Crippen molar-refractivity contribution in [3.63, 3.8) is 0 Å². The van der Waals surface area contributed by atoms with Crippen molar-refractivity contribution < 1.29 is 0 Å². The minimum atomic E-state index is 0.702. The first-order valence-corrected chi connectivity index (χ1v) is 6.08. The van der Waals surface area contributed by atoms with E-state index in [1.807, 2.05) is 43.3 Å². The van der Waals surface area contributed by atoms with Gasteiger partial charge in [-0.2, -0.15) is 5.26 Å². The normalized spacial score (nSPS) is 9.78. The number of anilines is 1. The number of benzene rings is 2. The molecular weight excluding hydrogens is 220 g/mol. The molecule has 0 saturated carbocycles. The summed E-state index contributed by atoms with van der Waals surface area (Å²) < 4.78 is 0. The van der Waals surface area contributed by atoms with Crippen LogP contribution in [-0.4, -0.2) is 6.54 Å². The Hall–Kier alpha value is -2.27. The highest BCUT2D eigenvalue weighted by molar-refractivity contribution is 5.58. The largest absolute Gasteiger partial charge is 0.384 e. The zero-order chi connectivity index (χ0) is 12.8. The molecule has 0 aliphatic carbocycles. The number of hydrogen-bond acceptors (Lipinski definition) is 2. The van der Waals surface area contributed by atoms with Gasteiger partial charge in [-0.15, -0.1) is 0 Å². The second-order valence-electron chi connectivity index (χ2n) is 4.32. The second kappa shape index (κ2) is 5.88. The van der Waals surface area contributed by atoms with Gasteiger partial charge in [-0.05, 0) is 36.6 Å². The van der Waals surface area contributed by atoms with Crippen LogP contribution in [0.5, 0.6) is 0 Å². The number of rotatable bonds is 4. The van der Waals surface area contributed by atoms with Crippen molar-refractivity contribution in [2.45, 2.75) is 13.3 Å². The summed E-state index contributed by atoms with van der Waals surface area (Å²) in [5, 5.41) is 12.4. The average Bonchev–Trinajstić information content (AvgIpc) is 2.40. The maximum Gasteiger partial charge on any atom is 0.101 e. The summed E-state index contributed by atoms with van der Waals surface area (Å²) in [6.45, 7) is 2.87. The highest BCUT2D eigenvalue weighted by Crippen LogP contribution is 2.16. The SMILES string of the molecule is Cc1ccc(C#N)c(NCCc2ccccc2)c1. The number of hydrogen-bond donors (Lipinski definition) is 1. The maximum atomic E-state index is 9.04. The van der Waals surface area contributed by atoms with Crippen LogP contribution in [0.4, 0.5) is 5.69 Å². The third-order valence-corrected chi connectivity index (χ3v) is 2.87. The summed E-state index contributed by atoms with van der Waals surface area (Å²) in [4.78, 5) is 0. The van der Waals surface area contributed by atoms with Crippen LogP contribution in [0, 0.1) is 18.3 Å². The monoisotopic (exact) mass is 236 g/mol. The first-order valence-electron chi connectivity index (χ1n) is 6.08. The van der Waals surface area contributed by atoms with E-state index in [-0.39, 0.29) is 0 Å². The molecular formula is C16H16N2. The Morgan fingerprint density at radius 1 is 1.11 bits per heavy atom. The molecule has 2 heteroatoms. The van der Waals surface area contributed by atoms with E-state index < -0.39 is 0 Å². The van der Waals surface area contributed by atoms with Gasteiger partial charge in [0.15, 0.2) is 0 Å². The lowest BCUT2D eigenvalue weighted by molar-refractivity contribution is 1.02. The van der Waals surface area contributed by atoms with Crippen molar-refractivity contribution in [1.82, 2.24) is 0 Å². The summed E-state index contributed by atoms with van der Waals surface area (Å²) in [6.07, 6.45) is 0.958. The molecule has 0 radical (unpaired) electrons. The van der Waals surface area contributed by atoms with Gasteiger partial charge in [0.1, 0.15) is 6.07 Å². The van der Waals surface area contributed by atoms with Crippen molar-refractivity contribution >= 4 is 5.69 Å². The molecule has 90 valence electrons.